The molecule has 0 atom stereocenters. The Morgan fingerprint density at radius 2 is 0.810 bits per heavy atom. The highest BCUT2D eigenvalue weighted by Gasteiger charge is 2.16. The van der Waals surface area contributed by atoms with Gasteiger partial charge in [0.2, 0.25) is 0 Å². The third kappa shape index (κ3) is 4.87. The van der Waals surface area contributed by atoms with Crippen LogP contribution in [0.4, 0.5) is 0 Å². The first kappa shape index (κ1) is 18.3. The van der Waals surface area contributed by atoms with Crippen molar-refractivity contribution in [3.8, 4) is 0 Å². The van der Waals surface area contributed by atoms with Crippen molar-refractivity contribution in [2.45, 2.75) is 98.8 Å². The molecule has 1 radical (unpaired) electrons. The Labute approximate surface area is 133 Å². The Kier molecular flexibility index (Phi) is 8.73. The summed E-state index contributed by atoms with van der Waals surface area (Å²) in [7, 11) is 0. The second-order valence-corrected chi connectivity index (χ2v) is 6.27. The lowest BCUT2D eigenvalue weighted by Gasteiger charge is -2.22. The lowest BCUT2D eigenvalue weighted by Crippen LogP contribution is -2.09. The number of hydrogen-bond acceptors (Lipinski definition) is 0. The van der Waals surface area contributed by atoms with Gasteiger partial charge in [-0.3, -0.25) is 0 Å². The molecule has 1 aromatic carbocycles. The summed E-state index contributed by atoms with van der Waals surface area (Å²) in [4.78, 5) is 0. The van der Waals surface area contributed by atoms with Crippen LogP contribution >= 0.6 is 0 Å². The van der Waals surface area contributed by atoms with Crippen LogP contribution in [0.2, 0.25) is 0 Å². The minimum Gasteiger partial charge on any atom is -0.0651 e. The highest BCUT2D eigenvalue weighted by molar-refractivity contribution is 5.46. The van der Waals surface area contributed by atoms with E-state index in [9.17, 15) is 0 Å². The van der Waals surface area contributed by atoms with Crippen molar-refractivity contribution >= 4 is 0 Å². The van der Waals surface area contributed by atoms with Crippen LogP contribution < -0.4 is 0 Å². The highest BCUT2D eigenvalue weighted by atomic mass is 14.2. The summed E-state index contributed by atoms with van der Waals surface area (Å²) in [5.41, 5.74) is 8.08. The summed E-state index contributed by atoms with van der Waals surface area (Å²) in [6.07, 6.45) is 12.4. The van der Waals surface area contributed by atoms with Crippen molar-refractivity contribution in [2.24, 2.45) is 0 Å². The van der Waals surface area contributed by atoms with Crippen LogP contribution in [0.15, 0.2) is 0 Å². The van der Waals surface area contributed by atoms with E-state index in [0.717, 1.165) is 0 Å². The van der Waals surface area contributed by atoms with Crippen molar-refractivity contribution in [1.82, 2.24) is 0 Å². The van der Waals surface area contributed by atoms with Gasteiger partial charge >= 0.3 is 0 Å². The van der Waals surface area contributed by atoms with Gasteiger partial charge in [0.05, 0.1) is 0 Å². The van der Waals surface area contributed by atoms with E-state index < -0.39 is 0 Å². The number of benzene rings is 1. The highest BCUT2D eigenvalue weighted by Crippen LogP contribution is 2.29. The molecule has 1 aromatic rings. The third-order valence-corrected chi connectivity index (χ3v) is 4.26. The lowest BCUT2D eigenvalue weighted by molar-refractivity contribution is 0.779. The van der Waals surface area contributed by atoms with E-state index in [1.165, 1.54) is 75.3 Å². The van der Waals surface area contributed by atoms with Gasteiger partial charge in [-0.25, -0.2) is 0 Å². The van der Waals surface area contributed by atoms with Crippen molar-refractivity contribution in [1.29, 1.82) is 0 Å². The summed E-state index contributed by atoms with van der Waals surface area (Å²) in [5.74, 6) is 0. The first-order chi connectivity index (χ1) is 10.2. The normalized spacial score (nSPS) is 11.1. The van der Waals surface area contributed by atoms with E-state index >= 15 is 0 Å². The number of aryl methyl sites for hydroxylation is 2. The Bertz CT molecular complexity index is 380. The quantitative estimate of drug-likeness (QED) is 0.477. The van der Waals surface area contributed by atoms with Gasteiger partial charge in [0, 0.05) is 0 Å². The van der Waals surface area contributed by atoms with Gasteiger partial charge < -0.3 is 0 Å². The molecule has 119 valence electrons. The predicted molar refractivity (Wildman–Crippen MR) is 95.3 cm³/mol. The van der Waals surface area contributed by atoms with Gasteiger partial charge in [-0.15, -0.1) is 0 Å². The fraction of sp³-hybridized carbons (Fsp3) is 0.714. The molecule has 0 aliphatic rings. The van der Waals surface area contributed by atoms with Crippen LogP contribution in [0.5, 0.6) is 0 Å². The Morgan fingerprint density at radius 3 is 1.14 bits per heavy atom. The Balaban J connectivity index is 3.44. The topological polar surface area (TPSA) is 0 Å². The van der Waals surface area contributed by atoms with Crippen LogP contribution in [0.25, 0.3) is 0 Å². The predicted octanol–water partition coefficient (Wildman–Crippen LogP) is 6.25. The molecule has 0 unspecified atom stereocenters. The smallest absolute Gasteiger partial charge is 0.0108 e. The fourth-order valence-electron chi connectivity index (χ4n) is 3.46. The SMILES string of the molecule is CCCc1[c]c(CCC)c(CCC)c(CCC)c1CCC. The molecule has 0 heterocycles. The van der Waals surface area contributed by atoms with Gasteiger partial charge in [0.15, 0.2) is 0 Å². The molecular weight excluding hydrogens is 252 g/mol. The molecule has 0 aliphatic carbocycles. The monoisotopic (exact) mass is 287 g/mol. The summed E-state index contributed by atoms with van der Waals surface area (Å²) in [6, 6.07) is 3.85. The van der Waals surface area contributed by atoms with Gasteiger partial charge in [-0.1, -0.05) is 66.7 Å². The molecule has 0 saturated carbocycles. The number of hydrogen-bond donors (Lipinski definition) is 0. The lowest BCUT2D eigenvalue weighted by atomic mass is 9.83. The van der Waals surface area contributed by atoms with Crippen molar-refractivity contribution in [2.75, 3.05) is 0 Å². The first-order valence-corrected chi connectivity index (χ1v) is 9.30. The molecule has 0 bridgehead atoms. The average molecular weight is 288 g/mol. The molecular formula is C21H35. The van der Waals surface area contributed by atoms with E-state index in [1.54, 1.807) is 16.7 Å². The summed E-state index contributed by atoms with van der Waals surface area (Å²) >= 11 is 0. The maximum Gasteiger partial charge on any atom is -0.0108 e. The number of rotatable bonds is 10. The molecule has 0 N–H and O–H groups in total. The standard InChI is InChI=1S/C21H35/c1-6-11-17-16-18(12-7-2)20(14-9-4)21(15-10-5)19(17)13-8-3/h6-15H2,1-5H3. The van der Waals surface area contributed by atoms with Gasteiger partial charge in [-0.2, -0.15) is 0 Å². The van der Waals surface area contributed by atoms with E-state index in [2.05, 4.69) is 40.7 Å². The zero-order chi connectivity index (χ0) is 15.7. The summed E-state index contributed by atoms with van der Waals surface area (Å²) in [5, 5.41) is 0. The molecule has 0 fully saturated rings. The molecule has 21 heavy (non-hydrogen) atoms. The fourth-order valence-corrected chi connectivity index (χ4v) is 3.46. The average Bonchev–Trinajstić information content (AvgIpc) is 2.47. The maximum atomic E-state index is 3.85. The van der Waals surface area contributed by atoms with Crippen LogP contribution in [0.3, 0.4) is 0 Å². The second kappa shape index (κ2) is 10.0. The largest absolute Gasteiger partial charge is 0.0651 e. The summed E-state index contributed by atoms with van der Waals surface area (Å²) < 4.78 is 0. The van der Waals surface area contributed by atoms with E-state index in [0.29, 0.717) is 0 Å². The third-order valence-electron chi connectivity index (χ3n) is 4.26. The Hall–Kier alpha value is -0.780. The van der Waals surface area contributed by atoms with Crippen LogP contribution in [0.1, 0.15) is 94.5 Å². The zero-order valence-corrected chi connectivity index (χ0v) is 15.1. The zero-order valence-electron chi connectivity index (χ0n) is 15.1. The van der Waals surface area contributed by atoms with E-state index in [4.69, 9.17) is 0 Å². The van der Waals surface area contributed by atoms with Gasteiger partial charge in [0.25, 0.3) is 0 Å². The molecule has 0 saturated heterocycles. The van der Waals surface area contributed by atoms with Crippen LogP contribution in [-0.2, 0) is 32.1 Å². The summed E-state index contributed by atoms with van der Waals surface area (Å²) in [6.45, 7) is 11.5. The van der Waals surface area contributed by atoms with Gasteiger partial charge in [0.1, 0.15) is 0 Å². The minimum absolute atomic E-state index is 1.20. The Morgan fingerprint density at radius 1 is 0.476 bits per heavy atom. The molecule has 0 aliphatic heterocycles. The van der Waals surface area contributed by atoms with Crippen LogP contribution in [0, 0.1) is 6.07 Å². The molecule has 1 rings (SSSR count). The first-order valence-electron chi connectivity index (χ1n) is 9.30. The van der Waals surface area contributed by atoms with E-state index in [1.807, 2.05) is 0 Å². The van der Waals surface area contributed by atoms with Crippen molar-refractivity contribution in [3.05, 3.63) is 33.9 Å². The van der Waals surface area contributed by atoms with E-state index in [-0.39, 0.29) is 0 Å². The molecule has 0 heteroatoms. The minimum atomic E-state index is 1.20. The van der Waals surface area contributed by atoms with Gasteiger partial charge in [-0.05, 0) is 66.0 Å². The van der Waals surface area contributed by atoms with Crippen LogP contribution in [-0.4, -0.2) is 0 Å². The molecule has 0 amide bonds. The molecule has 0 aromatic heterocycles. The second-order valence-electron chi connectivity index (χ2n) is 6.27. The van der Waals surface area contributed by atoms with Crippen molar-refractivity contribution in [3.63, 3.8) is 0 Å². The molecule has 0 nitrogen and oxygen atoms in total. The maximum absolute atomic E-state index is 3.85. The molecule has 0 spiro atoms. The van der Waals surface area contributed by atoms with Crippen molar-refractivity contribution < 1.29 is 0 Å².